The number of nitrogens with zero attached hydrogens (tertiary/aromatic N) is 1. The zero-order chi connectivity index (χ0) is 15.7. The zero-order valence-electron chi connectivity index (χ0n) is 12.3. The molecule has 3 rings (SSSR count). The lowest BCUT2D eigenvalue weighted by Crippen LogP contribution is -2.34. The second-order valence-electron chi connectivity index (χ2n) is 5.02. The van der Waals surface area contributed by atoms with Crippen molar-refractivity contribution in [3.05, 3.63) is 39.7 Å². The summed E-state index contributed by atoms with van der Waals surface area (Å²) < 4.78 is 8.11. The van der Waals surface area contributed by atoms with Crippen molar-refractivity contribution in [3.8, 4) is 10.4 Å². The maximum absolute atomic E-state index is 11.8. The number of ether oxygens (including phenoxy) is 1. The fourth-order valence-electron chi connectivity index (χ4n) is 2.45. The molecule has 1 aromatic heterocycles. The first-order valence-electron chi connectivity index (χ1n) is 7.03. The van der Waals surface area contributed by atoms with Crippen molar-refractivity contribution in [1.29, 1.82) is 0 Å². The van der Waals surface area contributed by atoms with Gasteiger partial charge in [-0.2, -0.15) is 0 Å². The number of hydrogen-bond donors (Lipinski definition) is 0. The van der Waals surface area contributed by atoms with Gasteiger partial charge in [-0.05, 0) is 42.1 Å². The lowest BCUT2D eigenvalue weighted by Gasteiger charge is -2.22. The van der Waals surface area contributed by atoms with Crippen LogP contribution in [0.4, 0.5) is 0 Å². The van der Waals surface area contributed by atoms with Crippen molar-refractivity contribution in [3.63, 3.8) is 0 Å². The third-order valence-electron chi connectivity index (χ3n) is 3.62. The summed E-state index contributed by atoms with van der Waals surface area (Å²) in [6, 6.07) is 10.4. The number of rotatable bonds is 4. The highest BCUT2D eigenvalue weighted by molar-refractivity contribution is 9.10. The van der Waals surface area contributed by atoms with Crippen molar-refractivity contribution < 1.29 is 9.53 Å². The van der Waals surface area contributed by atoms with Crippen LogP contribution in [0.5, 0.6) is 0 Å². The number of carbonyl (C=O) groups is 1. The van der Waals surface area contributed by atoms with E-state index in [4.69, 9.17) is 4.74 Å². The summed E-state index contributed by atoms with van der Waals surface area (Å²) in [4.78, 5) is 15.7. The average molecular weight is 398 g/mol. The van der Waals surface area contributed by atoms with E-state index in [0.29, 0.717) is 0 Å². The largest absolute Gasteiger partial charge is 0.468 e. The van der Waals surface area contributed by atoms with Crippen LogP contribution < -0.4 is 0 Å². The van der Waals surface area contributed by atoms with Crippen molar-refractivity contribution in [1.82, 2.24) is 4.31 Å². The van der Waals surface area contributed by atoms with Gasteiger partial charge in [0.1, 0.15) is 6.04 Å². The lowest BCUT2D eigenvalue weighted by atomic mass is 10.2. The smallest absolute Gasteiger partial charge is 0.324 e. The standard InChI is InChI=1S/C16H16BrNO2S2/c1-3-12(16(19)20-2)18-9-15-14(22-18)8-13(21-15)10-4-6-11(17)7-5-10/h4-8,12H,3,9H2,1-2H3. The summed E-state index contributed by atoms with van der Waals surface area (Å²) in [6.07, 6.45) is 0.758. The molecule has 1 aromatic carbocycles. The first kappa shape index (κ1) is 16.1. The molecule has 0 aliphatic carbocycles. The van der Waals surface area contributed by atoms with Gasteiger partial charge in [-0.1, -0.05) is 35.0 Å². The molecular formula is C16H16BrNO2S2. The minimum absolute atomic E-state index is 0.154. The molecule has 22 heavy (non-hydrogen) atoms. The molecule has 0 saturated carbocycles. The molecule has 6 heteroatoms. The number of fused-ring (bicyclic) bond motifs is 1. The Labute approximate surface area is 146 Å². The number of carbonyl (C=O) groups excluding carboxylic acids is 1. The fourth-order valence-corrected chi connectivity index (χ4v) is 5.32. The van der Waals surface area contributed by atoms with Gasteiger partial charge in [0.05, 0.1) is 7.11 Å². The molecular weight excluding hydrogens is 382 g/mol. The van der Waals surface area contributed by atoms with Crippen LogP contribution in [0.25, 0.3) is 10.4 Å². The monoisotopic (exact) mass is 397 g/mol. The maximum atomic E-state index is 11.8. The predicted octanol–water partition coefficient (Wildman–Crippen LogP) is 4.95. The third kappa shape index (κ3) is 3.11. The van der Waals surface area contributed by atoms with Crippen molar-refractivity contribution in [2.24, 2.45) is 0 Å². The zero-order valence-corrected chi connectivity index (χ0v) is 15.6. The molecule has 0 fully saturated rings. The molecule has 0 bridgehead atoms. The molecule has 1 aliphatic rings. The molecule has 116 valence electrons. The van der Waals surface area contributed by atoms with E-state index < -0.39 is 0 Å². The Balaban J connectivity index is 1.78. The van der Waals surface area contributed by atoms with Gasteiger partial charge < -0.3 is 4.74 Å². The second-order valence-corrected chi connectivity index (χ2v) is 8.16. The van der Waals surface area contributed by atoms with E-state index in [1.165, 1.54) is 27.3 Å². The van der Waals surface area contributed by atoms with Crippen molar-refractivity contribution in [2.45, 2.75) is 30.8 Å². The SMILES string of the molecule is CCC(C(=O)OC)N1Cc2sc(-c3ccc(Br)cc3)cc2S1. The van der Waals surface area contributed by atoms with Crippen LogP contribution in [-0.4, -0.2) is 23.4 Å². The number of hydrogen-bond acceptors (Lipinski definition) is 5. The summed E-state index contributed by atoms with van der Waals surface area (Å²) in [7, 11) is 1.45. The highest BCUT2D eigenvalue weighted by Crippen LogP contribution is 2.45. The minimum atomic E-state index is -0.175. The van der Waals surface area contributed by atoms with Gasteiger partial charge in [-0.25, -0.2) is 4.31 Å². The van der Waals surface area contributed by atoms with E-state index >= 15 is 0 Å². The summed E-state index contributed by atoms with van der Waals surface area (Å²) in [5.74, 6) is -0.154. The molecule has 2 heterocycles. The molecule has 0 radical (unpaired) electrons. The van der Waals surface area contributed by atoms with Gasteiger partial charge in [0.15, 0.2) is 0 Å². The first-order chi connectivity index (χ1) is 10.6. The van der Waals surface area contributed by atoms with Crippen LogP contribution in [0.3, 0.4) is 0 Å². The van der Waals surface area contributed by atoms with Crippen LogP contribution in [-0.2, 0) is 16.1 Å². The molecule has 0 N–H and O–H groups in total. The Bertz CT molecular complexity index is 660. The van der Waals surface area contributed by atoms with E-state index in [9.17, 15) is 4.79 Å². The van der Waals surface area contributed by atoms with E-state index in [1.54, 1.807) is 23.3 Å². The van der Waals surface area contributed by atoms with Crippen LogP contribution >= 0.6 is 39.2 Å². The third-order valence-corrected chi connectivity index (χ3v) is 6.63. The van der Waals surface area contributed by atoms with Gasteiger partial charge in [0.25, 0.3) is 0 Å². The normalized spacial score (nSPS) is 15.6. The maximum Gasteiger partial charge on any atom is 0.324 e. The molecule has 1 aliphatic heterocycles. The van der Waals surface area contributed by atoms with Gasteiger partial charge in [-0.15, -0.1) is 11.3 Å². The Morgan fingerprint density at radius 1 is 1.41 bits per heavy atom. The molecule has 1 atom stereocenters. The van der Waals surface area contributed by atoms with Crippen LogP contribution in [0, 0.1) is 0 Å². The quantitative estimate of drug-likeness (QED) is 0.538. The second kappa shape index (κ2) is 6.74. The number of thiophene rings is 1. The Morgan fingerprint density at radius 2 is 2.14 bits per heavy atom. The molecule has 1 unspecified atom stereocenters. The average Bonchev–Trinajstić information content (AvgIpc) is 3.07. The molecule has 0 saturated heterocycles. The predicted molar refractivity (Wildman–Crippen MR) is 95.0 cm³/mol. The molecule has 2 aromatic rings. The Kier molecular flexibility index (Phi) is 4.92. The highest BCUT2D eigenvalue weighted by atomic mass is 79.9. The van der Waals surface area contributed by atoms with E-state index in [0.717, 1.165) is 17.4 Å². The fraction of sp³-hybridized carbons (Fsp3) is 0.312. The summed E-state index contributed by atoms with van der Waals surface area (Å²) in [6.45, 7) is 2.82. The number of benzene rings is 1. The number of esters is 1. The molecule has 0 spiro atoms. The van der Waals surface area contributed by atoms with E-state index in [1.807, 2.05) is 6.92 Å². The minimum Gasteiger partial charge on any atom is -0.468 e. The lowest BCUT2D eigenvalue weighted by molar-refractivity contribution is -0.145. The highest BCUT2D eigenvalue weighted by Gasteiger charge is 2.32. The van der Waals surface area contributed by atoms with E-state index in [2.05, 4.69) is 50.6 Å². The van der Waals surface area contributed by atoms with Gasteiger partial charge in [-0.3, -0.25) is 4.79 Å². The first-order valence-corrected chi connectivity index (χ1v) is 9.41. The van der Waals surface area contributed by atoms with Gasteiger partial charge >= 0.3 is 5.97 Å². The Morgan fingerprint density at radius 3 is 2.73 bits per heavy atom. The summed E-state index contributed by atoms with van der Waals surface area (Å²) in [5.41, 5.74) is 1.23. The summed E-state index contributed by atoms with van der Waals surface area (Å²) >= 11 is 6.93. The topological polar surface area (TPSA) is 29.5 Å². The van der Waals surface area contributed by atoms with Crippen LogP contribution in [0.2, 0.25) is 0 Å². The molecule has 3 nitrogen and oxygen atoms in total. The number of methoxy groups -OCH3 is 1. The summed E-state index contributed by atoms with van der Waals surface area (Å²) in [5, 5.41) is 0. The number of halogens is 1. The van der Waals surface area contributed by atoms with Gasteiger partial charge in [0, 0.05) is 25.7 Å². The van der Waals surface area contributed by atoms with Crippen LogP contribution in [0.1, 0.15) is 18.2 Å². The van der Waals surface area contributed by atoms with Crippen molar-refractivity contribution in [2.75, 3.05) is 7.11 Å². The van der Waals surface area contributed by atoms with Gasteiger partial charge in [0.2, 0.25) is 0 Å². The van der Waals surface area contributed by atoms with Crippen molar-refractivity contribution >= 4 is 45.2 Å². The Hall–Kier alpha value is -0.820. The van der Waals surface area contributed by atoms with E-state index in [-0.39, 0.29) is 12.0 Å². The van der Waals surface area contributed by atoms with Crippen LogP contribution in [0.15, 0.2) is 39.7 Å². The molecule has 0 amide bonds.